The van der Waals surface area contributed by atoms with Crippen LogP contribution in [0.3, 0.4) is 0 Å². The molecule has 0 bridgehead atoms. The molecule has 0 aliphatic carbocycles. The van der Waals surface area contributed by atoms with E-state index in [-0.39, 0.29) is 29.5 Å². The number of anilines is 1. The summed E-state index contributed by atoms with van der Waals surface area (Å²) < 4.78 is 27.9. The highest BCUT2D eigenvalue weighted by atomic mass is 32.2. The largest absolute Gasteiger partial charge is 0.383 e. The molecule has 2 aromatic carbocycles. The molecule has 0 aliphatic heterocycles. The minimum atomic E-state index is -3.62. The van der Waals surface area contributed by atoms with E-state index in [2.05, 4.69) is 59.0 Å². The maximum absolute atomic E-state index is 13.4. The summed E-state index contributed by atoms with van der Waals surface area (Å²) in [5.41, 5.74) is 3.89. The summed E-state index contributed by atoms with van der Waals surface area (Å²) in [6.07, 6.45) is 1.01. The number of benzene rings is 2. The molecular weight excluding hydrogens is 424 g/mol. The van der Waals surface area contributed by atoms with E-state index in [1.807, 2.05) is 12.1 Å². The Balaban J connectivity index is 2.34. The van der Waals surface area contributed by atoms with Gasteiger partial charge < -0.3 is 14.4 Å². The molecule has 2 aromatic rings. The summed E-state index contributed by atoms with van der Waals surface area (Å²) in [7, 11) is -3.62. The minimum absolute atomic E-state index is 0.178. The van der Waals surface area contributed by atoms with Gasteiger partial charge in [0, 0.05) is 18.8 Å². The zero-order valence-electron chi connectivity index (χ0n) is 20.2. The number of amides is 2. The number of rotatable bonds is 9. The lowest BCUT2D eigenvalue weighted by Crippen LogP contribution is -2.37. The van der Waals surface area contributed by atoms with Gasteiger partial charge in [-0.25, -0.2) is 4.79 Å². The van der Waals surface area contributed by atoms with Crippen LogP contribution >= 0.6 is 0 Å². The quantitative estimate of drug-likeness (QED) is 0.468. The van der Waals surface area contributed by atoms with Crippen molar-refractivity contribution >= 4 is 21.8 Å². The molecule has 0 radical (unpaired) electrons. The molecule has 0 spiro atoms. The van der Waals surface area contributed by atoms with E-state index in [9.17, 15) is 13.2 Å². The van der Waals surface area contributed by atoms with E-state index < -0.39 is 10.1 Å². The van der Waals surface area contributed by atoms with Gasteiger partial charge >= 0.3 is 16.1 Å². The first-order valence-corrected chi connectivity index (χ1v) is 12.9. The van der Waals surface area contributed by atoms with Crippen LogP contribution in [0.5, 0.6) is 5.75 Å². The van der Waals surface area contributed by atoms with Gasteiger partial charge in [-0.15, -0.1) is 0 Å². The smallest absolute Gasteiger partial charge is 0.322 e. The average Bonchev–Trinajstić information content (AvgIpc) is 2.65. The molecule has 7 heteroatoms. The molecule has 0 atom stereocenters. The summed E-state index contributed by atoms with van der Waals surface area (Å²) in [5, 5.41) is 3.18. The number of hydrogen-bond donors (Lipinski definition) is 1. The van der Waals surface area contributed by atoms with Gasteiger partial charge in [-0.1, -0.05) is 71.9 Å². The van der Waals surface area contributed by atoms with Crippen LogP contribution in [-0.2, 0) is 16.7 Å². The highest BCUT2D eigenvalue weighted by Gasteiger charge is 2.21. The number of carbonyl (C=O) groups is 1. The van der Waals surface area contributed by atoms with Gasteiger partial charge in [0.25, 0.3) is 0 Å². The summed E-state index contributed by atoms with van der Waals surface area (Å²) in [5.74, 6) is 1.04. The Bertz CT molecular complexity index is 1000. The maximum atomic E-state index is 13.4. The Kier molecular flexibility index (Phi) is 8.73. The van der Waals surface area contributed by atoms with Crippen LogP contribution in [0.25, 0.3) is 0 Å². The lowest BCUT2D eigenvalue weighted by molar-refractivity contribution is 0.201. The van der Waals surface area contributed by atoms with Crippen molar-refractivity contribution in [3.8, 4) is 5.75 Å². The van der Waals surface area contributed by atoms with Crippen LogP contribution in [0.4, 0.5) is 10.5 Å². The van der Waals surface area contributed by atoms with Crippen LogP contribution in [0.15, 0.2) is 42.5 Å². The van der Waals surface area contributed by atoms with E-state index in [0.29, 0.717) is 13.1 Å². The van der Waals surface area contributed by atoms with Crippen molar-refractivity contribution in [3.05, 3.63) is 59.2 Å². The Labute approximate surface area is 193 Å². The summed E-state index contributed by atoms with van der Waals surface area (Å²) in [6, 6.07) is 12.8. The fraction of sp³-hybridized carbons (Fsp3) is 0.480. The molecule has 32 heavy (non-hydrogen) atoms. The van der Waals surface area contributed by atoms with Crippen molar-refractivity contribution in [1.82, 2.24) is 4.90 Å². The van der Waals surface area contributed by atoms with Crippen LogP contribution < -0.4 is 9.50 Å². The second-order valence-corrected chi connectivity index (χ2v) is 10.8. The molecule has 0 saturated carbocycles. The van der Waals surface area contributed by atoms with Gasteiger partial charge in [0.15, 0.2) is 0 Å². The number of nitrogens with zero attached hydrogens (tertiary/aromatic N) is 1. The standard InChI is InChI=1S/C25H36N2O4S/c1-17(2)15-27(16-20-10-8-11-21(14-20)31-32(7,29)30)25(28)26-24-22(18(3)4)12-9-13-23(24)19(5)6/h8-14,17-19H,15-16H2,1-7H3,(H,26,28). The van der Waals surface area contributed by atoms with Gasteiger partial charge in [-0.3, -0.25) is 0 Å². The van der Waals surface area contributed by atoms with E-state index in [1.54, 1.807) is 23.1 Å². The number of hydrogen-bond acceptors (Lipinski definition) is 4. The summed E-state index contributed by atoms with van der Waals surface area (Å²) >= 11 is 0. The summed E-state index contributed by atoms with van der Waals surface area (Å²) in [6.45, 7) is 13.5. The second-order valence-electron chi connectivity index (χ2n) is 9.26. The number of urea groups is 1. The van der Waals surface area contributed by atoms with E-state index in [0.717, 1.165) is 28.6 Å². The Hall–Kier alpha value is -2.54. The molecule has 0 saturated heterocycles. The minimum Gasteiger partial charge on any atom is -0.383 e. The average molecular weight is 461 g/mol. The van der Waals surface area contributed by atoms with E-state index in [1.165, 1.54) is 0 Å². The highest BCUT2D eigenvalue weighted by molar-refractivity contribution is 7.86. The van der Waals surface area contributed by atoms with Crippen LogP contribution in [0.2, 0.25) is 0 Å². The molecule has 0 unspecified atom stereocenters. The first kappa shape index (κ1) is 25.7. The topological polar surface area (TPSA) is 75.7 Å². The van der Waals surface area contributed by atoms with Crippen molar-refractivity contribution in [3.63, 3.8) is 0 Å². The SMILES string of the molecule is CC(C)CN(Cc1cccc(OS(C)(=O)=O)c1)C(=O)Nc1c(C(C)C)cccc1C(C)C. The van der Waals surface area contributed by atoms with Gasteiger partial charge in [-0.2, -0.15) is 8.42 Å². The maximum Gasteiger partial charge on any atom is 0.322 e. The molecule has 1 N–H and O–H groups in total. The predicted molar refractivity (Wildman–Crippen MR) is 131 cm³/mol. The molecule has 0 aromatic heterocycles. The molecule has 2 amide bonds. The zero-order valence-corrected chi connectivity index (χ0v) is 21.0. The van der Waals surface area contributed by atoms with Crippen molar-refractivity contribution in [2.75, 3.05) is 18.1 Å². The van der Waals surface area contributed by atoms with E-state index >= 15 is 0 Å². The van der Waals surface area contributed by atoms with Gasteiger partial charge in [0.2, 0.25) is 0 Å². The third-order valence-electron chi connectivity index (χ3n) is 5.00. The summed E-state index contributed by atoms with van der Waals surface area (Å²) in [4.78, 5) is 15.2. The molecule has 0 aliphatic rings. The fourth-order valence-corrected chi connectivity index (χ4v) is 4.09. The van der Waals surface area contributed by atoms with Gasteiger partial charge in [0.05, 0.1) is 6.26 Å². The predicted octanol–water partition coefficient (Wildman–Crippen LogP) is 5.96. The first-order valence-electron chi connectivity index (χ1n) is 11.0. The molecule has 2 rings (SSSR count). The van der Waals surface area contributed by atoms with E-state index in [4.69, 9.17) is 4.18 Å². The van der Waals surface area contributed by atoms with Gasteiger partial charge in [0.1, 0.15) is 5.75 Å². The molecule has 176 valence electrons. The molecule has 0 heterocycles. The van der Waals surface area contributed by atoms with Gasteiger partial charge in [-0.05, 0) is 46.6 Å². The monoisotopic (exact) mass is 460 g/mol. The Morgan fingerprint density at radius 2 is 1.53 bits per heavy atom. The Morgan fingerprint density at radius 3 is 2.03 bits per heavy atom. The highest BCUT2D eigenvalue weighted by Crippen LogP contribution is 2.32. The third kappa shape index (κ3) is 7.55. The number of para-hydroxylation sites is 1. The van der Waals surface area contributed by atoms with Crippen molar-refractivity contribution in [2.24, 2.45) is 5.92 Å². The fourth-order valence-electron chi connectivity index (χ4n) is 3.63. The lowest BCUT2D eigenvalue weighted by Gasteiger charge is -2.27. The first-order chi connectivity index (χ1) is 14.9. The molecule has 6 nitrogen and oxygen atoms in total. The van der Waals surface area contributed by atoms with Crippen molar-refractivity contribution in [1.29, 1.82) is 0 Å². The normalized spacial score (nSPS) is 11.8. The molecular formula is C25H36N2O4S. The van der Waals surface area contributed by atoms with Crippen LogP contribution in [-0.4, -0.2) is 32.1 Å². The third-order valence-corrected chi connectivity index (χ3v) is 5.49. The van der Waals surface area contributed by atoms with Crippen molar-refractivity contribution < 1.29 is 17.4 Å². The lowest BCUT2D eigenvalue weighted by atomic mass is 9.93. The second kappa shape index (κ2) is 10.9. The van der Waals surface area contributed by atoms with Crippen molar-refractivity contribution in [2.45, 2.75) is 59.9 Å². The Morgan fingerprint density at radius 1 is 0.969 bits per heavy atom. The number of nitrogens with one attached hydrogen (secondary N) is 1. The molecule has 0 fully saturated rings. The zero-order chi connectivity index (χ0) is 24.1. The van der Waals surface area contributed by atoms with Crippen LogP contribution in [0.1, 0.15) is 70.1 Å². The number of carbonyl (C=O) groups excluding carboxylic acids is 1. The van der Waals surface area contributed by atoms with Crippen LogP contribution in [0, 0.1) is 5.92 Å².